The first-order valence-corrected chi connectivity index (χ1v) is 4.91. The van der Waals surface area contributed by atoms with Crippen LogP contribution in [0.1, 0.15) is 5.56 Å². The number of rotatable bonds is 1. The predicted molar refractivity (Wildman–Crippen MR) is 56.5 cm³/mol. The normalized spacial score (nSPS) is 16.2. The Labute approximate surface area is 92.0 Å². The number of carbonyl (C=O) groups is 2. The van der Waals surface area contributed by atoms with Crippen LogP contribution in [0.15, 0.2) is 18.2 Å². The van der Waals surface area contributed by atoms with Crippen LogP contribution in [0, 0.1) is 12.7 Å². The fourth-order valence-electron chi connectivity index (χ4n) is 1.65. The molecule has 4 nitrogen and oxygen atoms in total. The van der Waals surface area contributed by atoms with Crippen LogP contribution in [0.25, 0.3) is 0 Å². The van der Waals surface area contributed by atoms with Crippen molar-refractivity contribution in [1.29, 1.82) is 0 Å². The molecule has 16 heavy (non-hydrogen) atoms. The number of benzene rings is 1. The van der Waals surface area contributed by atoms with Crippen molar-refractivity contribution in [2.45, 2.75) is 6.92 Å². The lowest BCUT2D eigenvalue weighted by Crippen LogP contribution is -2.52. The van der Waals surface area contributed by atoms with Crippen molar-refractivity contribution in [3.05, 3.63) is 29.6 Å². The fraction of sp³-hybridized carbons (Fsp3) is 0.273. The molecule has 0 spiro atoms. The predicted octanol–water partition coefficient (Wildman–Crippen LogP) is 0.597. The van der Waals surface area contributed by atoms with Crippen molar-refractivity contribution < 1.29 is 14.0 Å². The maximum absolute atomic E-state index is 13.1. The number of hydrogen-bond acceptors (Lipinski definition) is 2. The summed E-state index contributed by atoms with van der Waals surface area (Å²) in [5.74, 6) is -0.879. The highest BCUT2D eigenvalue weighted by atomic mass is 19.1. The molecule has 0 saturated carbocycles. The molecule has 0 unspecified atom stereocenters. The van der Waals surface area contributed by atoms with Crippen LogP contribution in [-0.2, 0) is 9.59 Å². The fourth-order valence-corrected chi connectivity index (χ4v) is 1.65. The first kappa shape index (κ1) is 10.6. The van der Waals surface area contributed by atoms with Crippen LogP contribution in [0.2, 0.25) is 0 Å². The lowest BCUT2D eigenvalue weighted by atomic mass is 10.1. The lowest BCUT2D eigenvalue weighted by molar-refractivity contribution is -0.128. The molecular weight excluding hydrogens is 211 g/mol. The maximum atomic E-state index is 13.1. The quantitative estimate of drug-likeness (QED) is 0.756. The number of nitrogens with zero attached hydrogens (tertiary/aromatic N) is 1. The van der Waals surface area contributed by atoms with Gasteiger partial charge in [-0.25, -0.2) is 4.39 Å². The SMILES string of the molecule is Cc1ccc(F)cc1N1CC(=O)NCC1=O. The molecule has 1 aromatic rings. The Balaban J connectivity index is 2.38. The zero-order valence-electron chi connectivity index (χ0n) is 8.79. The van der Waals surface area contributed by atoms with Crippen LogP contribution < -0.4 is 10.2 Å². The highest BCUT2D eigenvalue weighted by Gasteiger charge is 2.25. The number of amides is 2. The molecule has 1 aromatic carbocycles. The largest absolute Gasteiger partial charge is 0.345 e. The third-order valence-corrected chi connectivity index (χ3v) is 2.50. The highest BCUT2D eigenvalue weighted by molar-refractivity contribution is 6.04. The summed E-state index contributed by atoms with van der Waals surface area (Å²) in [7, 11) is 0. The third-order valence-electron chi connectivity index (χ3n) is 2.50. The summed E-state index contributed by atoms with van der Waals surface area (Å²) in [5.41, 5.74) is 1.23. The zero-order valence-corrected chi connectivity index (χ0v) is 8.79. The molecule has 0 radical (unpaired) electrons. The second-order valence-electron chi connectivity index (χ2n) is 3.69. The van der Waals surface area contributed by atoms with Gasteiger partial charge in [0.15, 0.2) is 0 Å². The van der Waals surface area contributed by atoms with E-state index >= 15 is 0 Å². The number of anilines is 1. The van der Waals surface area contributed by atoms with Gasteiger partial charge in [0.05, 0.1) is 12.2 Å². The number of nitrogens with one attached hydrogen (secondary N) is 1. The number of carbonyl (C=O) groups excluding carboxylic acids is 2. The van der Waals surface area contributed by atoms with Crippen molar-refractivity contribution in [2.24, 2.45) is 0 Å². The van der Waals surface area contributed by atoms with Gasteiger partial charge in [0.2, 0.25) is 11.8 Å². The van der Waals surface area contributed by atoms with Gasteiger partial charge in [-0.05, 0) is 24.6 Å². The Hall–Kier alpha value is -1.91. The number of aryl methyl sites for hydroxylation is 1. The van der Waals surface area contributed by atoms with E-state index in [4.69, 9.17) is 0 Å². The summed E-state index contributed by atoms with van der Waals surface area (Å²) >= 11 is 0. The summed E-state index contributed by atoms with van der Waals surface area (Å²) in [4.78, 5) is 24.1. The van der Waals surface area contributed by atoms with E-state index in [1.807, 2.05) is 0 Å². The van der Waals surface area contributed by atoms with E-state index in [-0.39, 0.29) is 24.9 Å². The van der Waals surface area contributed by atoms with E-state index in [9.17, 15) is 14.0 Å². The third kappa shape index (κ3) is 1.88. The molecule has 2 rings (SSSR count). The average molecular weight is 222 g/mol. The van der Waals surface area contributed by atoms with Gasteiger partial charge in [-0.3, -0.25) is 9.59 Å². The summed E-state index contributed by atoms with van der Waals surface area (Å²) in [5, 5.41) is 2.44. The van der Waals surface area contributed by atoms with Gasteiger partial charge in [0.1, 0.15) is 12.4 Å². The Morgan fingerprint density at radius 3 is 2.88 bits per heavy atom. The molecule has 1 aliphatic rings. The molecule has 1 saturated heterocycles. The van der Waals surface area contributed by atoms with Crippen LogP contribution in [0.5, 0.6) is 0 Å². The average Bonchev–Trinajstić information content (AvgIpc) is 2.25. The molecular formula is C11H11FN2O2. The van der Waals surface area contributed by atoms with Gasteiger partial charge in [-0.15, -0.1) is 0 Å². The van der Waals surface area contributed by atoms with Crippen molar-refractivity contribution in [3.63, 3.8) is 0 Å². The second kappa shape index (κ2) is 3.92. The molecule has 1 aliphatic heterocycles. The van der Waals surface area contributed by atoms with E-state index < -0.39 is 5.82 Å². The van der Waals surface area contributed by atoms with E-state index in [0.29, 0.717) is 5.69 Å². The van der Waals surface area contributed by atoms with Crippen LogP contribution in [0.4, 0.5) is 10.1 Å². The highest BCUT2D eigenvalue weighted by Crippen LogP contribution is 2.21. The molecule has 2 amide bonds. The minimum Gasteiger partial charge on any atom is -0.345 e. The van der Waals surface area contributed by atoms with Crippen molar-refractivity contribution >= 4 is 17.5 Å². The van der Waals surface area contributed by atoms with E-state index in [1.165, 1.54) is 17.0 Å². The minimum absolute atomic E-state index is 0.0329. The van der Waals surface area contributed by atoms with Gasteiger partial charge < -0.3 is 10.2 Å². The van der Waals surface area contributed by atoms with E-state index in [1.54, 1.807) is 13.0 Å². The second-order valence-corrected chi connectivity index (χ2v) is 3.69. The molecule has 0 atom stereocenters. The summed E-state index contributed by atoms with van der Waals surface area (Å²) in [6.45, 7) is 1.69. The van der Waals surface area contributed by atoms with Crippen LogP contribution in [-0.4, -0.2) is 24.9 Å². The Morgan fingerprint density at radius 2 is 2.12 bits per heavy atom. The summed E-state index contributed by atoms with van der Waals surface area (Å²) < 4.78 is 13.1. The monoisotopic (exact) mass is 222 g/mol. The van der Waals surface area contributed by atoms with Gasteiger partial charge in [-0.2, -0.15) is 0 Å². The molecule has 0 aliphatic carbocycles. The smallest absolute Gasteiger partial charge is 0.246 e. The number of piperazine rings is 1. The number of hydrogen-bond donors (Lipinski definition) is 1. The standard InChI is InChI=1S/C11H11FN2O2/c1-7-2-3-8(12)4-9(7)14-6-10(15)13-5-11(14)16/h2-4H,5-6H2,1H3,(H,13,15). The topological polar surface area (TPSA) is 49.4 Å². The lowest BCUT2D eigenvalue weighted by Gasteiger charge is -2.27. The Bertz CT molecular complexity index is 459. The van der Waals surface area contributed by atoms with Crippen molar-refractivity contribution in [3.8, 4) is 0 Å². The van der Waals surface area contributed by atoms with Gasteiger partial charge >= 0.3 is 0 Å². The first-order chi connectivity index (χ1) is 7.58. The molecule has 0 aromatic heterocycles. The first-order valence-electron chi connectivity index (χ1n) is 4.91. The molecule has 1 N–H and O–H groups in total. The van der Waals surface area contributed by atoms with Crippen LogP contribution in [0.3, 0.4) is 0 Å². The van der Waals surface area contributed by atoms with Crippen molar-refractivity contribution in [1.82, 2.24) is 5.32 Å². The molecule has 0 bridgehead atoms. The van der Waals surface area contributed by atoms with Crippen LogP contribution >= 0.6 is 0 Å². The maximum Gasteiger partial charge on any atom is 0.246 e. The van der Waals surface area contributed by atoms with Gasteiger partial charge in [0.25, 0.3) is 0 Å². The Morgan fingerprint density at radius 1 is 1.38 bits per heavy atom. The van der Waals surface area contributed by atoms with E-state index in [0.717, 1.165) is 5.56 Å². The molecule has 1 fully saturated rings. The van der Waals surface area contributed by atoms with Crippen molar-refractivity contribution in [2.75, 3.05) is 18.0 Å². The summed E-state index contributed by atoms with van der Waals surface area (Å²) in [6.07, 6.45) is 0. The zero-order chi connectivity index (χ0) is 11.7. The molecule has 1 heterocycles. The summed E-state index contributed by atoms with van der Waals surface area (Å²) in [6, 6.07) is 4.18. The minimum atomic E-state index is -0.417. The number of halogens is 1. The van der Waals surface area contributed by atoms with Gasteiger partial charge in [0, 0.05) is 0 Å². The molecule has 84 valence electrons. The van der Waals surface area contributed by atoms with Gasteiger partial charge in [-0.1, -0.05) is 6.07 Å². The van der Waals surface area contributed by atoms with E-state index in [2.05, 4.69) is 5.32 Å². The Kier molecular flexibility index (Phi) is 2.60. The molecule has 5 heteroatoms.